The summed E-state index contributed by atoms with van der Waals surface area (Å²) in [5.41, 5.74) is 0.908. The quantitative estimate of drug-likeness (QED) is 0.742. The topological polar surface area (TPSA) is 71.5 Å². The molecule has 0 aliphatic carbocycles. The van der Waals surface area contributed by atoms with Gasteiger partial charge in [0.1, 0.15) is 0 Å². The molecule has 0 radical (unpaired) electrons. The van der Waals surface area contributed by atoms with Crippen molar-refractivity contribution >= 4 is 28.3 Å². The molecule has 150 valence electrons. The highest BCUT2D eigenvalue weighted by atomic mass is 32.1. The van der Waals surface area contributed by atoms with Crippen LogP contribution in [0.5, 0.6) is 0 Å². The molecule has 9 heteroatoms. The first kappa shape index (κ1) is 20.3. The van der Waals surface area contributed by atoms with E-state index in [1.165, 1.54) is 17.4 Å². The molecular formula is C19H21F2N3O3S. The second-order valence-corrected chi connectivity index (χ2v) is 7.38. The Kier molecular flexibility index (Phi) is 6.69. The molecule has 0 spiro atoms. The maximum Gasteiger partial charge on any atom is 0.309 e. The highest BCUT2D eigenvalue weighted by Gasteiger charge is 2.26. The van der Waals surface area contributed by atoms with Crippen LogP contribution in [0.4, 0.5) is 13.9 Å². The van der Waals surface area contributed by atoms with Gasteiger partial charge in [0.25, 0.3) is 0 Å². The summed E-state index contributed by atoms with van der Waals surface area (Å²) in [6, 6.07) is 3.55. The van der Waals surface area contributed by atoms with Crippen molar-refractivity contribution in [3.05, 3.63) is 35.2 Å². The molecule has 28 heavy (non-hydrogen) atoms. The van der Waals surface area contributed by atoms with Crippen LogP contribution in [0.3, 0.4) is 0 Å². The Morgan fingerprint density at radius 1 is 1.29 bits per heavy atom. The summed E-state index contributed by atoms with van der Waals surface area (Å²) in [6.45, 7) is 3.66. The van der Waals surface area contributed by atoms with Crippen LogP contribution in [0.2, 0.25) is 0 Å². The van der Waals surface area contributed by atoms with Gasteiger partial charge in [0.2, 0.25) is 5.91 Å². The van der Waals surface area contributed by atoms with Gasteiger partial charge in [0.05, 0.1) is 24.8 Å². The van der Waals surface area contributed by atoms with E-state index in [0.717, 1.165) is 12.1 Å². The number of benzene rings is 1. The van der Waals surface area contributed by atoms with Gasteiger partial charge in [-0.05, 0) is 51.1 Å². The van der Waals surface area contributed by atoms with Crippen LogP contribution in [0.15, 0.2) is 23.6 Å². The van der Waals surface area contributed by atoms with Crippen molar-refractivity contribution in [2.75, 3.05) is 31.6 Å². The zero-order valence-corrected chi connectivity index (χ0v) is 16.2. The first-order chi connectivity index (χ1) is 13.5. The smallest absolute Gasteiger partial charge is 0.309 e. The summed E-state index contributed by atoms with van der Waals surface area (Å²) >= 11 is 1.22. The second-order valence-electron chi connectivity index (χ2n) is 6.52. The Morgan fingerprint density at radius 3 is 2.71 bits per heavy atom. The monoisotopic (exact) mass is 409 g/mol. The number of nitrogens with one attached hydrogen (secondary N) is 1. The van der Waals surface area contributed by atoms with Crippen molar-refractivity contribution < 1.29 is 23.1 Å². The Bertz CT molecular complexity index is 851. The van der Waals surface area contributed by atoms with Gasteiger partial charge in [-0.15, -0.1) is 11.3 Å². The minimum absolute atomic E-state index is 0.100. The number of anilines is 1. The summed E-state index contributed by atoms with van der Waals surface area (Å²) in [6.07, 6.45) is 1.34. The van der Waals surface area contributed by atoms with Crippen molar-refractivity contribution in [2.45, 2.75) is 19.8 Å². The van der Waals surface area contributed by atoms with Gasteiger partial charge in [0, 0.05) is 10.9 Å². The minimum Gasteiger partial charge on any atom is -0.466 e. The number of esters is 1. The highest BCUT2D eigenvalue weighted by Crippen LogP contribution is 2.26. The number of amides is 1. The maximum absolute atomic E-state index is 13.4. The molecule has 3 rings (SSSR count). The van der Waals surface area contributed by atoms with Crippen LogP contribution < -0.4 is 5.32 Å². The molecule has 1 amide bonds. The number of piperidine rings is 1. The average molecular weight is 409 g/mol. The first-order valence-corrected chi connectivity index (χ1v) is 9.94. The third-order valence-electron chi connectivity index (χ3n) is 4.54. The van der Waals surface area contributed by atoms with Crippen LogP contribution in [0.1, 0.15) is 19.8 Å². The molecule has 1 aliphatic rings. The van der Waals surface area contributed by atoms with Gasteiger partial charge < -0.3 is 10.1 Å². The summed E-state index contributed by atoms with van der Waals surface area (Å²) in [5, 5.41) is 4.80. The first-order valence-electron chi connectivity index (χ1n) is 9.06. The van der Waals surface area contributed by atoms with Gasteiger partial charge in [0.15, 0.2) is 16.8 Å². The molecule has 6 nitrogen and oxygen atoms in total. The van der Waals surface area contributed by atoms with Crippen molar-refractivity contribution in [1.82, 2.24) is 9.88 Å². The van der Waals surface area contributed by atoms with Gasteiger partial charge >= 0.3 is 5.97 Å². The van der Waals surface area contributed by atoms with E-state index < -0.39 is 11.6 Å². The number of carbonyl (C=O) groups excluding carboxylic acids is 2. The molecule has 0 unspecified atom stereocenters. The highest BCUT2D eigenvalue weighted by molar-refractivity contribution is 7.14. The summed E-state index contributed by atoms with van der Waals surface area (Å²) in [4.78, 5) is 30.3. The van der Waals surface area contributed by atoms with E-state index in [9.17, 15) is 18.4 Å². The van der Waals surface area contributed by atoms with E-state index in [2.05, 4.69) is 10.3 Å². The predicted octanol–water partition coefficient (Wildman–Crippen LogP) is 3.30. The fourth-order valence-electron chi connectivity index (χ4n) is 3.07. The summed E-state index contributed by atoms with van der Waals surface area (Å²) in [7, 11) is 0. The van der Waals surface area contributed by atoms with E-state index in [1.807, 2.05) is 4.90 Å². The molecular weight excluding hydrogens is 388 g/mol. The largest absolute Gasteiger partial charge is 0.466 e. The number of halogens is 2. The molecule has 1 aromatic carbocycles. The van der Waals surface area contributed by atoms with Crippen molar-refractivity contribution in [3.8, 4) is 11.3 Å². The lowest BCUT2D eigenvalue weighted by Gasteiger charge is -2.30. The SMILES string of the molecule is CCOC(=O)C1CCN(CC(=O)Nc2nc(-c3ccc(F)c(F)c3)cs2)CC1. The number of aromatic nitrogens is 1. The number of carbonyl (C=O) groups is 2. The Morgan fingerprint density at radius 2 is 2.04 bits per heavy atom. The average Bonchev–Trinajstić information content (AvgIpc) is 3.13. The van der Waals surface area contributed by atoms with Gasteiger partial charge in [-0.3, -0.25) is 14.5 Å². The number of nitrogens with zero attached hydrogens (tertiary/aromatic N) is 2. The van der Waals surface area contributed by atoms with Crippen molar-refractivity contribution in [3.63, 3.8) is 0 Å². The van der Waals surface area contributed by atoms with Crippen molar-refractivity contribution in [2.24, 2.45) is 5.92 Å². The normalized spacial score (nSPS) is 15.4. The van der Waals surface area contributed by atoms with Crippen molar-refractivity contribution in [1.29, 1.82) is 0 Å². The molecule has 0 bridgehead atoms. The number of hydrogen-bond acceptors (Lipinski definition) is 6. The molecule has 0 atom stereocenters. The maximum atomic E-state index is 13.4. The van der Waals surface area contributed by atoms with E-state index in [4.69, 9.17) is 4.74 Å². The number of thiazole rings is 1. The molecule has 1 saturated heterocycles. The molecule has 1 fully saturated rings. The fraction of sp³-hybridized carbons (Fsp3) is 0.421. The zero-order valence-electron chi connectivity index (χ0n) is 15.4. The molecule has 1 aliphatic heterocycles. The lowest BCUT2D eigenvalue weighted by molar-refractivity contribution is -0.149. The van der Waals surface area contributed by atoms with E-state index in [-0.39, 0.29) is 24.3 Å². The zero-order chi connectivity index (χ0) is 20.1. The molecule has 2 heterocycles. The predicted molar refractivity (Wildman–Crippen MR) is 102 cm³/mol. The van der Waals surface area contributed by atoms with E-state index >= 15 is 0 Å². The molecule has 1 N–H and O–H groups in total. The molecule has 2 aromatic rings. The minimum atomic E-state index is -0.942. The van der Waals surface area contributed by atoms with Gasteiger partial charge in [-0.1, -0.05) is 0 Å². The van der Waals surface area contributed by atoms with Crippen LogP contribution in [-0.4, -0.2) is 48.0 Å². The lowest BCUT2D eigenvalue weighted by Crippen LogP contribution is -2.41. The second kappa shape index (κ2) is 9.20. The summed E-state index contributed by atoms with van der Waals surface area (Å²) in [5.74, 6) is -2.33. The van der Waals surface area contributed by atoms with Crippen LogP contribution >= 0.6 is 11.3 Å². The molecule has 1 aromatic heterocycles. The van der Waals surface area contributed by atoms with E-state index in [1.54, 1.807) is 12.3 Å². The van der Waals surface area contributed by atoms with Gasteiger partial charge in [-0.2, -0.15) is 0 Å². The number of ether oxygens (including phenoxy) is 1. The standard InChI is InChI=1S/C19H21F2N3O3S/c1-2-27-18(26)12-5-7-24(8-6-12)10-17(25)23-19-22-16(11-28-19)13-3-4-14(20)15(21)9-13/h3-4,9,11-12H,2,5-8,10H2,1H3,(H,22,23,25). The van der Waals surface area contributed by atoms with Gasteiger partial charge in [-0.25, -0.2) is 13.8 Å². The Labute approximate surface area is 165 Å². The van der Waals surface area contributed by atoms with Crippen LogP contribution in [0.25, 0.3) is 11.3 Å². The fourth-order valence-corrected chi connectivity index (χ4v) is 3.80. The summed E-state index contributed by atoms with van der Waals surface area (Å²) < 4.78 is 31.4. The number of rotatable bonds is 6. The number of likely N-dealkylation sites (tertiary alicyclic amines) is 1. The van der Waals surface area contributed by atoms with Crippen LogP contribution in [0, 0.1) is 17.6 Å². The third-order valence-corrected chi connectivity index (χ3v) is 5.30. The Balaban J connectivity index is 1.50. The Hall–Kier alpha value is -2.39. The van der Waals surface area contributed by atoms with E-state index in [0.29, 0.717) is 48.9 Å². The lowest BCUT2D eigenvalue weighted by atomic mass is 9.97. The molecule has 0 saturated carbocycles. The van der Waals surface area contributed by atoms with Crippen LogP contribution in [-0.2, 0) is 14.3 Å². The number of hydrogen-bond donors (Lipinski definition) is 1. The third kappa shape index (κ3) is 5.11.